The van der Waals surface area contributed by atoms with Crippen LogP contribution >= 0.6 is 0 Å². The third-order valence-corrected chi connectivity index (χ3v) is 4.87. The average molecular weight is 305 g/mol. The smallest absolute Gasteiger partial charge is 0.243 e. The summed E-state index contributed by atoms with van der Waals surface area (Å²) < 4.78 is 53.1. The Hall–Kier alpha value is -1.25. The van der Waals surface area contributed by atoms with Crippen molar-refractivity contribution < 1.29 is 17.2 Å². The van der Waals surface area contributed by atoms with Gasteiger partial charge in [-0.2, -0.15) is 0 Å². The van der Waals surface area contributed by atoms with Crippen LogP contribution in [-0.4, -0.2) is 40.0 Å². The molecule has 0 aromatic heterocycles. The molecule has 1 aliphatic heterocycles. The van der Waals surface area contributed by atoms with Gasteiger partial charge in [-0.15, -0.1) is 0 Å². The second-order valence-corrected chi connectivity index (χ2v) is 6.78. The molecule has 112 valence electrons. The highest BCUT2D eigenvalue weighted by atomic mass is 32.2. The van der Waals surface area contributed by atoms with Crippen molar-refractivity contribution in [2.75, 3.05) is 32.4 Å². The van der Waals surface area contributed by atoms with Gasteiger partial charge in [-0.05, 0) is 38.1 Å². The highest BCUT2D eigenvalue weighted by Crippen LogP contribution is 2.23. The number of sulfonamides is 1. The molecule has 5 nitrogen and oxygen atoms in total. The molecule has 3 N–H and O–H groups in total. The molecule has 1 aromatic carbocycles. The number of anilines is 1. The minimum atomic E-state index is -4.03. The van der Waals surface area contributed by atoms with Crippen LogP contribution in [0.2, 0.25) is 0 Å². The predicted octanol–water partition coefficient (Wildman–Crippen LogP) is 0.777. The first-order valence-electron chi connectivity index (χ1n) is 6.23. The molecule has 0 amide bonds. The van der Waals surface area contributed by atoms with Gasteiger partial charge in [-0.1, -0.05) is 0 Å². The number of likely N-dealkylation sites (tertiary alicyclic amines) is 1. The van der Waals surface area contributed by atoms with Gasteiger partial charge in [0.1, 0.15) is 16.4 Å². The molecule has 1 aromatic rings. The molecule has 0 bridgehead atoms. The Kier molecular flexibility index (Phi) is 4.26. The number of hydrogen-bond donors (Lipinski definition) is 2. The van der Waals surface area contributed by atoms with Gasteiger partial charge >= 0.3 is 0 Å². The van der Waals surface area contributed by atoms with Crippen LogP contribution < -0.4 is 10.5 Å². The first-order chi connectivity index (χ1) is 9.31. The van der Waals surface area contributed by atoms with Crippen LogP contribution in [0.15, 0.2) is 17.0 Å². The van der Waals surface area contributed by atoms with Crippen LogP contribution in [0.3, 0.4) is 0 Å². The molecule has 1 unspecified atom stereocenters. The van der Waals surface area contributed by atoms with Gasteiger partial charge < -0.3 is 10.6 Å². The lowest BCUT2D eigenvalue weighted by Gasteiger charge is -2.13. The van der Waals surface area contributed by atoms with Gasteiger partial charge in [0.15, 0.2) is 5.82 Å². The maximum Gasteiger partial charge on any atom is 0.243 e. The van der Waals surface area contributed by atoms with E-state index in [-0.39, 0.29) is 12.5 Å². The summed E-state index contributed by atoms with van der Waals surface area (Å²) in [5, 5.41) is 0. The Bertz CT molecular complexity index is 607. The molecule has 1 aliphatic rings. The van der Waals surface area contributed by atoms with E-state index in [9.17, 15) is 17.2 Å². The molecule has 1 heterocycles. The maximum absolute atomic E-state index is 13.7. The number of nitrogens with two attached hydrogens (primary N) is 1. The molecule has 1 fully saturated rings. The number of nitrogen functional groups attached to an aromatic ring is 1. The fourth-order valence-electron chi connectivity index (χ4n) is 2.26. The summed E-state index contributed by atoms with van der Waals surface area (Å²) >= 11 is 0. The Morgan fingerprint density at radius 1 is 1.45 bits per heavy atom. The molecule has 8 heteroatoms. The molecular weight excluding hydrogens is 288 g/mol. The van der Waals surface area contributed by atoms with E-state index < -0.39 is 32.2 Å². The summed E-state index contributed by atoms with van der Waals surface area (Å²) in [4.78, 5) is 1.47. The second-order valence-electron chi connectivity index (χ2n) is 5.04. The standard InChI is InChI=1S/C12H17F2N3O2S/c1-17-5-4-8(7-17)6-16-20(18,19)10-3-2-9(13)12(15)11(10)14/h2-3,8,16H,4-7,15H2,1H3. The Morgan fingerprint density at radius 3 is 2.75 bits per heavy atom. The van der Waals surface area contributed by atoms with E-state index in [1.807, 2.05) is 7.05 Å². The minimum absolute atomic E-state index is 0.190. The number of nitrogens with zero attached hydrogens (tertiary/aromatic N) is 1. The topological polar surface area (TPSA) is 75.4 Å². The van der Waals surface area contributed by atoms with Crippen molar-refractivity contribution in [2.45, 2.75) is 11.3 Å². The predicted molar refractivity (Wildman–Crippen MR) is 71.6 cm³/mol. The highest BCUT2D eigenvalue weighted by Gasteiger charge is 2.25. The number of rotatable bonds is 4. The lowest BCUT2D eigenvalue weighted by atomic mass is 10.1. The first kappa shape index (κ1) is 15.1. The molecule has 0 spiro atoms. The molecule has 1 atom stereocenters. The molecular formula is C12H17F2N3O2S. The third kappa shape index (κ3) is 3.08. The second kappa shape index (κ2) is 5.63. The van der Waals surface area contributed by atoms with E-state index in [2.05, 4.69) is 9.62 Å². The van der Waals surface area contributed by atoms with Crippen LogP contribution in [0.1, 0.15) is 6.42 Å². The summed E-state index contributed by atoms with van der Waals surface area (Å²) in [6.45, 7) is 1.92. The van der Waals surface area contributed by atoms with Crippen LogP contribution in [0.5, 0.6) is 0 Å². The minimum Gasteiger partial charge on any atom is -0.394 e. The highest BCUT2D eigenvalue weighted by molar-refractivity contribution is 7.89. The van der Waals surface area contributed by atoms with Crippen molar-refractivity contribution in [3.8, 4) is 0 Å². The quantitative estimate of drug-likeness (QED) is 0.806. The Labute approximate surface area is 116 Å². The van der Waals surface area contributed by atoms with Gasteiger partial charge in [0.05, 0.1) is 0 Å². The van der Waals surface area contributed by atoms with Gasteiger partial charge in [0.25, 0.3) is 0 Å². The van der Waals surface area contributed by atoms with E-state index in [1.165, 1.54) is 0 Å². The summed E-state index contributed by atoms with van der Waals surface area (Å²) in [6, 6.07) is 1.72. The Morgan fingerprint density at radius 2 is 2.15 bits per heavy atom. The van der Waals surface area contributed by atoms with Gasteiger partial charge in [-0.25, -0.2) is 21.9 Å². The van der Waals surface area contributed by atoms with Crippen molar-refractivity contribution in [1.29, 1.82) is 0 Å². The third-order valence-electron chi connectivity index (χ3n) is 3.43. The fourth-order valence-corrected chi connectivity index (χ4v) is 3.46. The van der Waals surface area contributed by atoms with E-state index in [1.54, 1.807) is 0 Å². The van der Waals surface area contributed by atoms with Crippen LogP contribution in [-0.2, 0) is 10.0 Å². The van der Waals surface area contributed by atoms with E-state index in [0.717, 1.165) is 31.6 Å². The molecule has 0 aliphatic carbocycles. The lowest BCUT2D eigenvalue weighted by Crippen LogP contribution is -2.31. The average Bonchev–Trinajstić information content (AvgIpc) is 2.79. The molecule has 1 saturated heterocycles. The van der Waals surface area contributed by atoms with Crippen LogP contribution in [0.4, 0.5) is 14.5 Å². The van der Waals surface area contributed by atoms with Crippen LogP contribution in [0.25, 0.3) is 0 Å². The molecule has 0 radical (unpaired) electrons. The summed E-state index contributed by atoms with van der Waals surface area (Å²) in [5.41, 5.74) is 4.38. The fraction of sp³-hybridized carbons (Fsp3) is 0.500. The zero-order chi connectivity index (χ0) is 14.9. The first-order valence-corrected chi connectivity index (χ1v) is 7.71. The molecule has 2 rings (SSSR count). The van der Waals surface area contributed by atoms with Crippen LogP contribution in [0, 0.1) is 17.6 Å². The van der Waals surface area contributed by atoms with Gasteiger partial charge in [0, 0.05) is 13.1 Å². The summed E-state index contributed by atoms with van der Waals surface area (Å²) in [5.74, 6) is -2.03. The number of nitrogens with one attached hydrogen (secondary N) is 1. The van der Waals surface area contributed by atoms with Crippen molar-refractivity contribution in [2.24, 2.45) is 5.92 Å². The monoisotopic (exact) mass is 305 g/mol. The van der Waals surface area contributed by atoms with Crippen molar-refractivity contribution >= 4 is 15.7 Å². The zero-order valence-electron chi connectivity index (χ0n) is 11.1. The van der Waals surface area contributed by atoms with Crippen molar-refractivity contribution in [3.05, 3.63) is 23.8 Å². The normalized spacial score (nSPS) is 20.4. The zero-order valence-corrected chi connectivity index (χ0v) is 11.9. The largest absolute Gasteiger partial charge is 0.394 e. The summed E-state index contributed by atoms with van der Waals surface area (Å²) in [7, 11) is -2.07. The summed E-state index contributed by atoms with van der Waals surface area (Å²) in [6.07, 6.45) is 0.882. The lowest BCUT2D eigenvalue weighted by molar-refractivity contribution is 0.394. The number of hydrogen-bond acceptors (Lipinski definition) is 4. The maximum atomic E-state index is 13.7. The Balaban J connectivity index is 2.13. The van der Waals surface area contributed by atoms with Crippen molar-refractivity contribution in [1.82, 2.24) is 9.62 Å². The molecule has 0 saturated carbocycles. The SMILES string of the molecule is CN1CCC(CNS(=O)(=O)c2ccc(F)c(N)c2F)C1. The van der Waals surface area contributed by atoms with Crippen molar-refractivity contribution in [3.63, 3.8) is 0 Å². The van der Waals surface area contributed by atoms with Gasteiger partial charge in [0.2, 0.25) is 10.0 Å². The number of halogens is 2. The van der Waals surface area contributed by atoms with E-state index >= 15 is 0 Å². The van der Waals surface area contributed by atoms with E-state index in [4.69, 9.17) is 5.73 Å². The van der Waals surface area contributed by atoms with Gasteiger partial charge in [-0.3, -0.25) is 0 Å². The molecule has 20 heavy (non-hydrogen) atoms. The number of benzene rings is 1. The van der Waals surface area contributed by atoms with E-state index in [0.29, 0.717) is 0 Å².